The Balaban J connectivity index is 1.41. The Labute approximate surface area is 172 Å². The molecule has 152 valence electrons. The van der Waals surface area contributed by atoms with Crippen molar-refractivity contribution in [3.05, 3.63) is 95.1 Å². The first kappa shape index (κ1) is 21.0. The van der Waals surface area contributed by atoms with Crippen molar-refractivity contribution in [1.29, 1.82) is 0 Å². The molecule has 3 N–H and O–H groups in total. The second kappa shape index (κ2) is 9.69. The van der Waals surface area contributed by atoms with Gasteiger partial charge in [0.1, 0.15) is 12.4 Å². The summed E-state index contributed by atoms with van der Waals surface area (Å²) < 4.78 is 28.4. The second-order valence-corrected chi connectivity index (χ2v) is 8.54. The maximum Gasteiger partial charge on any atom is 0.238 e. The summed E-state index contributed by atoms with van der Waals surface area (Å²) >= 11 is 0. The Hall–Kier alpha value is -2.67. The molecule has 0 heterocycles. The number of rotatable bonds is 9. The Morgan fingerprint density at radius 2 is 1.55 bits per heavy atom. The van der Waals surface area contributed by atoms with E-state index in [1.54, 1.807) is 24.3 Å². The van der Waals surface area contributed by atoms with Crippen molar-refractivity contribution >= 4 is 10.0 Å². The molecule has 0 unspecified atom stereocenters. The Morgan fingerprint density at radius 3 is 2.21 bits per heavy atom. The smallest absolute Gasteiger partial charge is 0.238 e. The van der Waals surface area contributed by atoms with E-state index >= 15 is 0 Å². The molecule has 0 atom stereocenters. The number of primary sulfonamides is 1. The van der Waals surface area contributed by atoms with Gasteiger partial charge in [0.25, 0.3) is 0 Å². The first-order valence-corrected chi connectivity index (χ1v) is 11.1. The molecule has 0 fully saturated rings. The zero-order valence-electron chi connectivity index (χ0n) is 16.5. The topological polar surface area (TPSA) is 81.4 Å². The van der Waals surface area contributed by atoms with Gasteiger partial charge in [-0.05, 0) is 66.4 Å². The SMILES string of the molecule is Cc1ccccc1COc1ccc(CNCCc2ccc(S(N)(=O)=O)cc2)cc1. The van der Waals surface area contributed by atoms with Crippen LogP contribution in [0.2, 0.25) is 0 Å². The van der Waals surface area contributed by atoms with Crippen molar-refractivity contribution in [2.24, 2.45) is 5.14 Å². The monoisotopic (exact) mass is 410 g/mol. The van der Waals surface area contributed by atoms with E-state index in [-0.39, 0.29) is 4.90 Å². The predicted octanol–water partition coefficient (Wildman–Crippen LogP) is 3.55. The van der Waals surface area contributed by atoms with E-state index in [1.807, 2.05) is 24.3 Å². The van der Waals surface area contributed by atoms with Gasteiger partial charge in [-0.25, -0.2) is 13.6 Å². The summed E-state index contributed by atoms with van der Waals surface area (Å²) in [4.78, 5) is 0.138. The molecule has 5 nitrogen and oxygen atoms in total. The highest BCUT2D eigenvalue weighted by Crippen LogP contribution is 2.16. The Morgan fingerprint density at radius 1 is 0.897 bits per heavy atom. The molecule has 6 heteroatoms. The Bertz CT molecular complexity index is 1030. The molecule has 0 spiro atoms. The van der Waals surface area contributed by atoms with Gasteiger partial charge in [-0.3, -0.25) is 0 Å². The minimum Gasteiger partial charge on any atom is -0.489 e. The third-order valence-electron chi connectivity index (χ3n) is 4.75. The lowest BCUT2D eigenvalue weighted by atomic mass is 10.1. The summed E-state index contributed by atoms with van der Waals surface area (Å²) in [5.74, 6) is 0.854. The zero-order chi connectivity index (χ0) is 20.7. The van der Waals surface area contributed by atoms with Crippen LogP contribution in [0.25, 0.3) is 0 Å². The third kappa shape index (κ3) is 6.42. The molecule has 0 aliphatic carbocycles. The molecule has 0 saturated heterocycles. The highest BCUT2D eigenvalue weighted by molar-refractivity contribution is 7.89. The van der Waals surface area contributed by atoms with Crippen molar-refractivity contribution in [3.8, 4) is 5.75 Å². The highest BCUT2D eigenvalue weighted by Gasteiger charge is 2.06. The van der Waals surface area contributed by atoms with Gasteiger partial charge in [-0.1, -0.05) is 48.5 Å². The largest absolute Gasteiger partial charge is 0.489 e. The van der Waals surface area contributed by atoms with Gasteiger partial charge in [0.2, 0.25) is 10.0 Å². The van der Waals surface area contributed by atoms with Crippen LogP contribution in [0, 0.1) is 6.92 Å². The first-order valence-electron chi connectivity index (χ1n) is 9.50. The fourth-order valence-electron chi connectivity index (χ4n) is 2.95. The van der Waals surface area contributed by atoms with E-state index in [0.717, 1.165) is 30.8 Å². The number of aryl methyl sites for hydroxylation is 1. The second-order valence-electron chi connectivity index (χ2n) is 6.97. The van der Waals surface area contributed by atoms with E-state index in [9.17, 15) is 8.42 Å². The molecule has 0 radical (unpaired) electrons. The number of sulfonamides is 1. The van der Waals surface area contributed by atoms with E-state index in [2.05, 4.69) is 36.5 Å². The van der Waals surface area contributed by atoms with Crippen molar-refractivity contribution < 1.29 is 13.2 Å². The number of nitrogens with two attached hydrogens (primary N) is 1. The lowest BCUT2D eigenvalue weighted by Gasteiger charge is -2.10. The molecular weight excluding hydrogens is 384 g/mol. The fourth-order valence-corrected chi connectivity index (χ4v) is 3.46. The number of ether oxygens (including phenoxy) is 1. The van der Waals surface area contributed by atoms with Gasteiger partial charge in [0.05, 0.1) is 4.90 Å². The van der Waals surface area contributed by atoms with Crippen LogP contribution in [-0.4, -0.2) is 15.0 Å². The van der Waals surface area contributed by atoms with Crippen LogP contribution >= 0.6 is 0 Å². The summed E-state index contributed by atoms with van der Waals surface area (Å²) in [6.07, 6.45) is 0.808. The van der Waals surface area contributed by atoms with Crippen LogP contribution in [0.15, 0.2) is 77.7 Å². The highest BCUT2D eigenvalue weighted by atomic mass is 32.2. The van der Waals surface area contributed by atoms with Crippen LogP contribution in [-0.2, 0) is 29.6 Å². The van der Waals surface area contributed by atoms with E-state index in [1.165, 1.54) is 16.7 Å². The van der Waals surface area contributed by atoms with Gasteiger partial charge in [0.15, 0.2) is 0 Å². The van der Waals surface area contributed by atoms with E-state index in [0.29, 0.717) is 6.61 Å². The van der Waals surface area contributed by atoms with E-state index < -0.39 is 10.0 Å². The van der Waals surface area contributed by atoms with Crippen LogP contribution in [0.1, 0.15) is 22.3 Å². The molecule has 0 aliphatic rings. The summed E-state index contributed by atoms with van der Waals surface area (Å²) in [5.41, 5.74) is 4.66. The number of hydrogen-bond donors (Lipinski definition) is 2. The summed E-state index contributed by atoms with van der Waals surface area (Å²) in [7, 11) is -3.63. The lowest BCUT2D eigenvalue weighted by molar-refractivity contribution is 0.305. The predicted molar refractivity (Wildman–Crippen MR) is 115 cm³/mol. The zero-order valence-corrected chi connectivity index (χ0v) is 17.3. The van der Waals surface area contributed by atoms with Crippen LogP contribution in [0.3, 0.4) is 0 Å². The summed E-state index contributed by atoms with van der Waals surface area (Å²) in [6, 6.07) is 23.0. The molecule has 0 amide bonds. The quantitative estimate of drug-likeness (QED) is 0.529. The van der Waals surface area contributed by atoms with E-state index in [4.69, 9.17) is 9.88 Å². The molecule has 0 aromatic heterocycles. The minimum atomic E-state index is -3.63. The minimum absolute atomic E-state index is 0.138. The molecule has 3 rings (SSSR count). The maximum absolute atomic E-state index is 11.3. The average Bonchev–Trinajstić information content (AvgIpc) is 2.71. The van der Waals surface area contributed by atoms with Crippen molar-refractivity contribution in [1.82, 2.24) is 5.32 Å². The van der Waals surface area contributed by atoms with Gasteiger partial charge in [-0.15, -0.1) is 0 Å². The summed E-state index contributed by atoms with van der Waals surface area (Å²) in [5, 5.41) is 8.51. The molecule has 0 saturated carbocycles. The maximum atomic E-state index is 11.3. The summed E-state index contributed by atoms with van der Waals surface area (Å²) in [6.45, 7) is 4.20. The fraction of sp³-hybridized carbons (Fsp3) is 0.217. The average molecular weight is 411 g/mol. The van der Waals surface area contributed by atoms with Crippen LogP contribution in [0.5, 0.6) is 5.75 Å². The van der Waals surface area contributed by atoms with Gasteiger partial charge in [0, 0.05) is 6.54 Å². The van der Waals surface area contributed by atoms with Crippen molar-refractivity contribution in [2.45, 2.75) is 31.4 Å². The van der Waals surface area contributed by atoms with Crippen LogP contribution in [0.4, 0.5) is 0 Å². The molecule has 0 bridgehead atoms. The first-order chi connectivity index (χ1) is 13.9. The van der Waals surface area contributed by atoms with Gasteiger partial charge in [-0.2, -0.15) is 0 Å². The lowest BCUT2D eigenvalue weighted by Crippen LogP contribution is -2.17. The number of benzene rings is 3. The van der Waals surface area contributed by atoms with Crippen LogP contribution < -0.4 is 15.2 Å². The molecule has 29 heavy (non-hydrogen) atoms. The molecule has 3 aromatic carbocycles. The van der Waals surface area contributed by atoms with Crippen molar-refractivity contribution in [2.75, 3.05) is 6.54 Å². The molecular formula is C23H26N2O3S. The van der Waals surface area contributed by atoms with Gasteiger partial charge >= 0.3 is 0 Å². The third-order valence-corrected chi connectivity index (χ3v) is 5.68. The Kier molecular flexibility index (Phi) is 7.04. The van der Waals surface area contributed by atoms with Crippen molar-refractivity contribution in [3.63, 3.8) is 0 Å². The van der Waals surface area contributed by atoms with Gasteiger partial charge < -0.3 is 10.1 Å². The standard InChI is InChI=1S/C23H26N2O3S/c1-18-4-2-3-5-21(18)17-28-22-10-6-20(7-11-22)16-25-15-14-19-8-12-23(13-9-19)29(24,26)27/h2-13,25H,14-17H2,1H3,(H2,24,26,27). The normalized spacial score (nSPS) is 11.4. The molecule has 3 aromatic rings. The molecule has 0 aliphatic heterocycles. The number of nitrogens with one attached hydrogen (secondary N) is 1. The number of hydrogen-bond acceptors (Lipinski definition) is 4.